The Balaban J connectivity index is 1.91. The number of aryl methyl sites for hydroxylation is 1. The van der Waals surface area contributed by atoms with E-state index in [4.69, 9.17) is 4.42 Å². The molecule has 2 amide bonds. The van der Waals surface area contributed by atoms with Gasteiger partial charge in [-0.15, -0.1) is 0 Å². The average Bonchev–Trinajstić information content (AvgIpc) is 2.92. The van der Waals surface area contributed by atoms with Crippen LogP contribution < -0.4 is 5.32 Å². The number of hydrogen-bond donors (Lipinski definition) is 1. The van der Waals surface area contributed by atoms with Gasteiger partial charge in [0.2, 0.25) is 11.8 Å². The highest BCUT2D eigenvalue weighted by molar-refractivity contribution is 6.01. The van der Waals surface area contributed by atoms with Crippen molar-refractivity contribution in [2.75, 3.05) is 19.4 Å². The number of carbonyl (C=O) groups is 2. The van der Waals surface area contributed by atoms with Crippen LogP contribution in [0.15, 0.2) is 46.9 Å². The molecule has 5 nitrogen and oxygen atoms in total. The number of anilines is 1. The quantitative estimate of drug-likeness (QED) is 0.864. The summed E-state index contributed by atoms with van der Waals surface area (Å²) in [5.74, 6) is 1.23. The number of amides is 2. The molecular formula is C18H20N2O3. The zero-order chi connectivity index (χ0) is 16.8. The fourth-order valence-electron chi connectivity index (χ4n) is 1.92. The van der Waals surface area contributed by atoms with Gasteiger partial charge in [0, 0.05) is 25.9 Å². The third-order valence-corrected chi connectivity index (χ3v) is 3.24. The first-order chi connectivity index (χ1) is 10.9. The number of likely N-dealkylation sites (N-methyl/N-ethyl adjacent to an activating group) is 1. The predicted octanol–water partition coefficient (Wildman–Crippen LogP) is 2.87. The summed E-state index contributed by atoms with van der Waals surface area (Å²) in [6.45, 7) is 1.85. The maximum atomic E-state index is 11.8. The number of nitrogens with zero attached hydrogens (tertiary/aromatic N) is 1. The van der Waals surface area contributed by atoms with Gasteiger partial charge >= 0.3 is 0 Å². The fourth-order valence-corrected chi connectivity index (χ4v) is 1.92. The maximum Gasteiger partial charge on any atom is 0.248 e. The van der Waals surface area contributed by atoms with Crippen LogP contribution in [0, 0.1) is 6.92 Å². The second kappa shape index (κ2) is 7.45. The first-order valence-corrected chi connectivity index (χ1v) is 7.28. The monoisotopic (exact) mass is 312 g/mol. The van der Waals surface area contributed by atoms with E-state index >= 15 is 0 Å². The van der Waals surface area contributed by atoms with Crippen LogP contribution in [0.25, 0.3) is 6.08 Å². The van der Waals surface area contributed by atoms with Gasteiger partial charge in [0.1, 0.15) is 11.5 Å². The molecule has 0 fully saturated rings. The van der Waals surface area contributed by atoms with Gasteiger partial charge < -0.3 is 14.6 Å². The molecule has 0 saturated carbocycles. The van der Waals surface area contributed by atoms with Crippen LogP contribution in [0.4, 0.5) is 5.69 Å². The smallest absolute Gasteiger partial charge is 0.248 e. The number of hydrogen-bond acceptors (Lipinski definition) is 3. The zero-order valence-corrected chi connectivity index (χ0v) is 13.5. The Bertz CT molecular complexity index is 712. The molecule has 1 aromatic carbocycles. The van der Waals surface area contributed by atoms with Gasteiger partial charge in [-0.3, -0.25) is 9.59 Å². The molecule has 2 aromatic rings. The molecule has 0 unspecified atom stereocenters. The molecule has 1 N–H and O–H groups in total. The topological polar surface area (TPSA) is 62.6 Å². The number of benzene rings is 1. The van der Waals surface area contributed by atoms with Crippen LogP contribution in [-0.4, -0.2) is 30.8 Å². The van der Waals surface area contributed by atoms with Crippen molar-refractivity contribution in [2.45, 2.75) is 13.3 Å². The van der Waals surface area contributed by atoms with Gasteiger partial charge in [-0.25, -0.2) is 0 Å². The highest BCUT2D eigenvalue weighted by Crippen LogP contribution is 2.12. The highest BCUT2D eigenvalue weighted by Gasteiger charge is 2.06. The molecule has 0 saturated heterocycles. The third-order valence-electron chi connectivity index (χ3n) is 3.24. The Morgan fingerprint density at radius 2 is 1.83 bits per heavy atom. The van der Waals surface area contributed by atoms with Crippen LogP contribution in [-0.2, 0) is 16.0 Å². The van der Waals surface area contributed by atoms with Gasteiger partial charge in [0.25, 0.3) is 0 Å². The molecule has 120 valence electrons. The molecule has 1 heterocycles. The van der Waals surface area contributed by atoms with E-state index in [1.54, 1.807) is 43.3 Å². The van der Waals surface area contributed by atoms with Crippen molar-refractivity contribution in [1.29, 1.82) is 0 Å². The lowest BCUT2D eigenvalue weighted by Crippen LogP contribution is -2.23. The lowest BCUT2D eigenvalue weighted by atomic mass is 10.1. The van der Waals surface area contributed by atoms with Gasteiger partial charge in [0.15, 0.2) is 0 Å². The molecule has 5 heteroatoms. The van der Waals surface area contributed by atoms with Crippen molar-refractivity contribution in [3.8, 4) is 0 Å². The van der Waals surface area contributed by atoms with Crippen molar-refractivity contribution in [3.05, 3.63) is 59.6 Å². The molecule has 0 aliphatic carbocycles. The Morgan fingerprint density at radius 3 is 2.39 bits per heavy atom. The molecular weight excluding hydrogens is 292 g/mol. The van der Waals surface area contributed by atoms with Crippen molar-refractivity contribution >= 4 is 23.6 Å². The number of rotatable bonds is 5. The van der Waals surface area contributed by atoms with Crippen LogP contribution in [0.2, 0.25) is 0 Å². The van der Waals surface area contributed by atoms with Gasteiger partial charge in [-0.2, -0.15) is 0 Å². The van der Waals surface area contributed by atoms with Crippen molar-refractivity contribution in [1.82, 2.24) is 4.90 Å². The van der Waals surface area contributed by atoms with E-state index in [9.17, 15) is 9.59 Å². The van der Waals surface area contributed by atoms with E-state index in [1.807, 2.05) is 25.1 Å². The summed E-state index contributed by atoms with van der Waals surface area (Å²) in [5.41, 5.74) is 1.58. The van der Waals surface area contributed by atoms with Crippen LogP contribution in [0.3, 0.4) is 0 Å². The minimum atomic E-state index is -0.240. The van der Waals surface area contributed by atoms with E-state index < -0.39 is 0 Å². The summed E-state index contributed by atoms with van der Waals surface area (Å²) < 4.78 is 5.35. The molecule has 0 aliphatic heterocycles. The van der Waals surface area contributed by atoms with E-state index in [1.165, 1.54) is 6.08 Å². The molecule has 23 heavy (non-hydrogen) atoms. The Morgan fingerprint density at radius 1 is 1.13 bits per heavy atom. The highest BCUT2D eigenvalue weighted by atomic mass is 16.3. The molecule has 0 atom stereocenters. The fraction of sp³-hybridized carbons (Fsp3) is 0.222. The molecule has 1 aromatic heterocycles. The van der Waals surface area contributed by atoms with E-state index in [0.717, 1.165) is 11.3 Å². The first kappa shape index (κ1) is 16.5. The Hall–Kier alpha value is -2.82. The summed E-state index contributed by atoms with van der Waals surface area (Å²) in [5, 5.41) is 2.76. The second-order valence-electron chi connectivity index (χ2n) is 5.43. The molecule has 0 radical (unpaired) electrons. The normalized spacial score (nSPS) is 10.7. The SMILES string of the molecule is Cc1ccc(/C=C/C(=O)Nc2ccc(CC(=O)N(C)C)cc2)o1. The first-order valence-electron chi connectivity index (χ1n) is 7.28. The summed E-state index contributed by atoms with van der Waals surface area (Å²) >= 11 is 0. The maximum absolute atomic E-state index is 11.8. The Labute approximate surface area is 135 Å². The molecule has 0 aliphatic rings. The van der Waals surface area contributed by atoms with Crippen LogP contribution in [0.1, 0.15) is 17.1 Å². The average molecular weight is 312 g/mol. The minimum absolute atomic E-state index is 0.0402. The van der Waals surface area contributed by atoms with E-state index in [2.05, 4.69) is 5.32 Å². The summed E-state index contributed by atoms with van der Waals surface area (Å²) in [4.78, 5) is 25.0. The predicted molar refractivity (Wildman–Crippen MR) is 89.9 cm³/mol. The summed E-state index contributed by atoms with van der Waals surface area (Å²) in [6.07, 6.45) is 3.38. The lowest BCUT2D eigenvalue weighted by molar-refractivity contribution is -0.128. The standard InChI is InChI=1S/C18H20N2O3/c1-13-4-9-16(23-13)10-11-17(21)19-15-7-5-14(6-8-15)12-18(22)20(2)3/h4-11H,12H2,1-3H3,(H,19,21)/b11-10+. The largest absolute Gasteiger partial charge is 0.462 e. The number of furan rings is 1. The summed E-state index contributed by atoms with van der Waals surface area (Å²) in [6, 6.07) is 10.9. The van der Waals surface area contributed by atoms with E-state index in [-0.39, 0.29) is 11.8 Å². The molecule has 2 rings (SSSR count). The van der Waals surface area contributed by atoms with Gasteiger partial charge in [-0.1, -0.05) is 12.1 Å². The van der Waals surface area contributed by atoms with E-state index in [0.29, 0.717) is 17.9 Å². The van der Waals surface area contributed by atoms with Gasteiger partial charge in [-0.05, 0) is 42.8 Å². The lowest BCUT2D eigenvalue weighted by Gasteiger charge is -2.10. The molecule has 0 spiro atoms. The van der Waals surface area contributed by atoms with Crippen molar-refractivity contribution in [3.63, 3.8) is 0 Å². The minimum Gasteiger partial charge on any atom is -0.462 e. The molecule has 0 bridgehead atoms. The van der Waals surface area contributed by atoms with Crippen LogP contribution in [0.5, 0.6) is 0 Å². The number of carbonyl (C=O) groups excluding carboxylic acids is 2. The third kappa shape index (κ3) is 5.14. The zero-order valence-electron chi connectivity index (χ0n) is 13.5. The Kier molecular flexibility index (Phi) is 5.36. The summed E-state index contributed by atoms with van der Waals surface area (Å²) in [7, 11) is 3.45. The second-order valence-corrected chi connectivity index (χ2v) is 5.43. The van der Waals surface area contributed by atoms with Gasteiger partial charge in [0.05, 0.1) is 6.42 Å². The van der Waals surface area contributed by atoms with Crippen molar-refractivity contribution in [2.24, 2.45) is 0 Å². The van der Waals surface area contributed by atoms with Crippen molar-refractivity contribution < 1.29 is 14.0 Å². The van der Waals surface area contributed by atoms with Crippen LogP contribution >= 0.6 is 0 Å². The number of nitrogens with one attached hydrogen (secondary N) is 1.